The molecular weight excluding hydrogens is 380 g/mol. The topological polar surface area (TPSA) is 97.4 Å². The van der Waals surface area contributed by atoms with Crippen molar-refractivity contribution in [3.05, 3.63) is 52.8 Å². The minimum Gasteiger partial charge on any atom is -0.461 e. The molecule has 0 spiro atoms. The summed E-state index contributed by atoms with van der Waals surface area (Å²) in [5.41, 5.74) is 1.28. The summed E-state index contributed by atoms with van der Waals surface area (Å²) in [4.78, 5) is 35.4. The maximum atomic E-state index is 12.8. The Balaban J connectivity index is 1.70. The van der Waals surface area contributed by atoms with Crippen LogP contribution in [0.25, 0.3) is 6.08 Å². The molecule has 0 radical (unpaired) electrons. The predicted octanol–water partition coefficient (Wildman–Crippen LogP) is 3.02. The van der Waals surface area contributed by atoms with Crippen LogP contribution in [0.3, 0.4) is 0 Å². The minimum absolute atomic E-state index is 0.0860. The molecule has 0 bridgehead atoms. The highest BCUT2D eigenvalue weighted by atomic mass is 16.7. The van der Waals surface area contributed by atoms with Crippen LogP contribution in [-0.4, -0.2) is 24.5 Å². The van der Waals surface area contributed by atoms with Gasteiger partial charge >= 0.3 is 11.9 Å². The molecule has 0 amide bonds. The Morgan fingerprint density at radius 3 is 2.62 bits per heavy atom. The van der Waals surface area contributed by atoms with Crippen molar-refractivity contribution in [3.8, 4) is 23.0 Å². The van der Waals surface area contributed by atoms with Crippen molar-refractivity contribution in [2.75, 3.05) is 6.79 Å². The third kappa shape index (κ3) is 3.64. The summed E-state index contributed by atoms with van der Waals surface area (Å²) >= 11 is 0. The first-order valence-electron chi connectivity index (χ1n) is 8.74. The van der Waals surface area contributed by atoms with Gasteiger partial charge in [-0.05, 0) is 35.9 Å². The van der Waals surface area contributed by atoms with Crippen LogP contribution in [-0.2, 0) is 20.9 Å². The predicted molar refractivity (Wildman–Crippen MR) is 98.7 cm³/mol. The fourth-order valence-corrected chi connectivity index (χ4v) is 3.00. The zero-order chi connectivity index (χ0) is 20.5. The maximum absolute atomic E-state index is 12.8. The minimum atomic E-state index is -0.547. The summed E-state index contributed by atoms with van der Waals surface area (Å²) in [5, 5.41) is 0. The first-order valence-corrected chi connectivity index (χ1v) is 8.74. The number of esters is 2. The molecular formula is C21H16O8. The highest BCUT2D eigenvalue weighted by Gasteiger charge is 2.32. The largest absolute Gasteiger partial charge is 0.461 e. The zero-order valence-corrected chi connectivity index (χ0v) is 15.6. The number of rotatable bonds is 4. The summed E-state index contributed by atoms with van der Waals surface area (Å²) in [7, 11) is 0. The number of ether oxygens (including phenoxy) is 5. The number of carbonyl (C=O) groups excluding carboxylic acids is 3. The second kappa shape index (κ2) is 7.31. The molecule has 29 heavy (non-hydrogen) atoms. The van der Waals surface area contributed by atoms with Gasteiger partial charge in [0.25, 0.3) is 0 Å². The number of ketones is 1. The Hall–Kier alpha value is -3.81. The molecule has 8 heteroatoms. The van der Waals surface area contributed by atoms with Gasteiger partial charge < -0.3 is 23.7 Å². The smallest absolute Gasteiger partial charge is 0.308 e. The SMILES string of the molecule is CC(=O)OCc1c(OC(C)=O)ccc2c1OC(=Cc1ccc3c(c1)OCO3)C2=O. The summed E-state index contributed by atoms with van der Waals surface area (Å²) in [6.07, 6.45) is 1.57. The Morgan fingerprint density at radius 1 is 1.07 bits per heavy atom. The fraction of sp³-hybridized carbons (Fsp3) is 0.190. The van der Waals surface area contributed by atoms with E-state index < -0.39 is 11.9 Å². The molecule has 0 saturated carbocycles. The van der Waals surface area contributed by atoms with E-state index in [1.165, 1.54) is 26.0 Å². The van der Waals surface area contributed by atoms with Crippen LogP contribution >= 0.6 is 0 Å². The van der Waals surface area contributed by atoms with Gasteiger partial charge in [-0.15, -0.1) is 0 Å². The zero-order valence-electron chi connectivity index (χ0n) is 15.6. The quantitative estimate of drug-likeness (QED) is 0.442. The lowest BCUT2D eigenvalue weighted by Crippen LogP contribution is -2.07. The summed E-state index contributed by atoms with van der Waals surface area (Å²) in [6, 6.07) is 8.23. The van der Waals surface area contributed by atoms with Gasteiger partial charge in [-0.3, -0.25) is 14.4 Å². The first kappa shape index (κ1) is 18.5. The van der Waals surface area contributed by atoms with Crippen molar-refractivity contribution in [1.82, 2.24) is 0 Å². The van der Waals surface area contributed by atoms with E-state index in [9.17, 15) is 14.4 Å². The molecule has 2 aliphatic rings. The first-order chi connectivity index (χ1) is 13.9. The highest BCUT2D eigenvalue weighted by Crippen LogP contribution is 2.41. The average Bonchev–Trinajstić information content (AvgIpc) is 3.25. The molecule has 148 valence electrons. The Bertz CT molecular complexity index is 1070. The Kier molecular flexibility index (Phi) is 4.67. The molecule has 2 heterocycles. The van der Waals surface area contributed by atoms with E-state index in [-0.39, 0.29) is 42.0 Å². The van der Waals surface area contributed by atoms with Gasteiger partial charge in [0.2, 0.25) is 12.6 Å². The third-order valence-corrected chi connectivity index (χ3v) is 4.27. The number of carbonyl (C=O) groups is 3. The summed E-state index contributed by atoms with van der Waals surface area (Å²) in [6.45, 7) is 2.45. The lowest BCUT2D eigenvalue weighted by Gasteiger charge is -2.12. The van der Waals surface area contributed by atoms with Gasteiger partial charge in [-0.2, -0.15) is 0 Å². The third-order valence-electron chi connectivity index (χ3n) is 4.27. The lowest BCUT2D eigenvalue weighted by atomic mass is 10.0. The van der Waals surface area contributed by atoms with Crippen LogP contribution < -0.4 is 18.9 Å². The molecule has 0 N–H and O–H groups in total. The second-order valence-electron chi connectivity index (χ2n) is 6.35. The van der Waals surface area contributed by atoms with E-state index in [2.05, 4.69) is 0 Å². The summed E-state index contributed by atoms with van der Waals surface area (Å²) in [5.74, 6) is 0.251. The number of fused-ring (bicyclic) bond motifs is 2. The molecule has 4 rings (SSSR count). The van der Waals surface area contributed by atoms with Crippen molar-refractivity contribution in [1.29, 1.82) is 0 Å². The number of hydrogen-bond acceptors (Lipinski definition) is 8. The standard InChI is InChI=1S/C21H16O8/c1-11(22)25-9-15-16(28-12(2)23)6-4-14-20(24)19(29-21(14)15)8-13-3-5-17-18(7-13)27-10-26-17/h3-8H,9-10H2,1-2H3. The van der Waals surface area contributed by atoms with Crippen LogP contribution in [0.2, 0.25) is 0 Å². The van der Waals surface area contributed by atoms with E-state index in [4.69, 9.17) is 23.7 Å². The van der Waals surface area contributed by atoms with Gasteiger partial charge in [0.05, 0.1) is 11.1 Å². The normalized spacial score (nSPS) is 15.1. The molecule has 0 atom stereocenters. The van der Waals surface area contributed by atoms with Crippen LogP contribution in [0.1, 0.15) is 35.3 Å². The van der Waals surface area contributed by atoms with Crippen molar-refractivity contribution >= 4 is 23.8 Å². The molecule has 0 aromatic heterocycles. The van der Waals surface area contributed by atoms with Crippen molar-refractivity contribution in [2.24, 2.45) is 0 Å². The van der Waals surface area contributed by atoms with Crippen LogP contribution in [0.4, 0.5) is 0 Å². The van der Waals surface area contributed by atoms with E-state index in [1.54, 1.807) is 24.3 Å². The Labute approximate surface area is 165 Å². The van der Waals surface area contributed by atoms with Gasteiger partial charge in [0.15, 0.2) is 17.3 Å². The van der Waals surface area contributed by atoms with Gasteiger partial charge in [-0.1, -0.05) is 6.07 Å². The molecule has 0 saturated heterocycles. The van der Waals surface area contributed by atoms with E-state index >= 15 is 0 Å². The van der Waals surface area contributed by atoms with Crippen molar-refractivity contribution in [3.63, 3.8) is 0 Å². The van der Waals surface area contributed by atoms with Crippen molar-refractivity contribution < 1.29 is 38.1 Å². The number of Topliss-reactive ketones (excluding diaryl/α,β-unsaturated/α-hetero) is 1. The number of hydrogen-bond donors (Lipinski definition) is 0. The van der Waals surface area contributed by atoms with Crippen LogP contribution in [0.5, 0.6) is 23.0 Å². The highest BCUT2D eigenvalue weighted by molar-refractivity contribution is 6.15. The molecule has 2 aromatic rings. The van der Waals surface area contributed by atoms with E-state index in [0.717, 1.165) is 0 Å². The molecule has 2 aromatic carbocycles. The molecule has 8 nitrogen and oxygen atoms in total. The second-order valence-corrected chi connectivity index (χ2v) is 6.35. The lowest BCUT2D eigenvalue weighted by molar-refractivity contribution is -0.142. The van der Waals surface area contributed by atoms with E-state index in [1.807, 2.05) is 0 Å². The molecule has 0 aliphatic carbocycles. The average molecular weight is 396 g/mol. The van der Waals surface area contributed by atoms with Gasteiger partial charge in [-0.25, -0.2) is 0 Å². The molecule has 2 aliphatic heterocycles. The monoisotopic (exact) mass is 396 g/mol. The van der Waals surface area contributed by atoms with Gasteiger partial charge in [0.1, 0.15) is 18.1 Å². The van der Waals surface area contributed by atoms with Crippen molar-refractivity contribution in [2.45, 2.75) is 20.5 Å². The molecule has 0 unspecified atom stereocenters. The number of allylic oxidation sites excluding steroid dienone is 1. The summed E-state index contributed by atoms with van der Waals surface area (Å²) < 4.78 is 26.6. The molecule has 0 fully saturated rings. The maximum Gasteiger partial charge on any atom is 0.308 e. The van der Waals surface area contributed by atoms with E-state index in [0.29, 0.717) is 22.6 Å². The van der Waals surface area contributed by atoms with Crippen LogP contribution in [0.15, 0.2) is 36.1 Å². The Morgan fingerprint density at radius 2 is 1.86 bits per heavy atom. The van der Waals surface area contributed by atoms with Crippen LogP contribution in [0, 0.1) is 0 Å². The number of benzene rings is 2. The van der Waals surface area contributed by atoms with Gasteiger partial charge in [0, 0.05) is 13.8 Å². The fourth-order valence-electron chi connectivity index (χ4n) is 3.00.